The largest absolute Gasteiger partial charge is 0.477 e. The highest BCUT2D eigenvalue weighted by Gasteiger charge is 2.22. The van der Waals surface area contributed by atoms with E-state index in [1.54, 1.807) is 6.20 Å². The van der Waals surface area contributed by atoms with Crippen molar-refractivity contribution in [2.24, 2.45) is 10.9 Å². The molecule has 1 aliphatic carbocycles. The molecule has 2 heterocycles. The molecule has 2 N–H and O–H groups in total. The van der Waals surface area contributed by atoms with Crippen molar-refractivity contribution >= 4 is 5.96 Å². The summed E-state index contributed by atoms with van der Waals surface area (Å²) in [6, 6.07) is 6.08. The Bertz CT molecular complexity index is 781. The minimum absolute atomic E-state index is 0.592. The molecule has 0 radical (unpaired) electrons. The second-order valence-corrected chi connectivity index (χ2v) is 7.38. The molecule has 0 amide bonds. The number of ether oxygens (including phenoxy) is 1. The van der Waals surface area contributed by atoms with Crippen LogP contribution in [0.4, 0.5) is 0 Å². The van der Waals surface area contributed by atoms with Crippen LogP contribution in [0, 0.1) is 19.8 Å². The van der Waals surface area contributed by atoms with Gasteiger partial charge in [-0.3, -0.25) is 4.68 Å². The van der Waals surface area contributed by atoms with Crippen molar-refractivity contribution in [1.29, 1.82) is 0 Å². The molecule has 3 rings (SSSR count). The summed E-state index contributed by atoms with van der Waals surface area (Å²) in [5.74, 6) is 2.25. The van der Waals surface area contributed by atoms with Gasteiger partial charge in [0.15, 0.2) is 5.96 Å². The normalized spacial score (nSPS) is 14.2. The first-order chi connectivity index (χ1) is 13.6. The number of pyridine rings is 1. The van der Waals surface area contributed by atoms with E-state index in [1.165, 1.54) is 18.5 Å². The monoisotopic (exact) mass is 384 g/mol. The molecule has 0 aliphatic heterocycles. The highest BCUT2D eigenvalue weighted by atomic mass is 16.5. The van der Waals surface area contributed by atoms with Crippen molar-refractivity contribution < 1.29 is 4.74 Å². The van der Waals surface area contributed by atoms with Gasteiger partial charge in [0, 0.05) is 37.6 Å². The van der Waals surface area contributed by atoms with Crippen LogP contribution >= 0.6 is 0 Å². The fourth-order valence-electron chi connectivity index (χ4n) is 2.96. The maximum atomic E-state index is 5.76. The highest BCUT2D eigenvalue weighted by molar-refractivity contribution is 5.79. The van der Waals surface area contributed by atoms with Crippen LogP contribution < -0.4 is 15.4 Å². The van der Waals surface area contributed by atoms with Crippen molar-refractivity contribution in [3.8, 4) is 5.88 Å². The first kappa shape index (κ1) is 20.2. The number of aryl methyl sites for hydroxylation is 3. The summed E-state index contributed by atoms with van der Waals surface area (Å²) in [6.45, 7) is 10.1. The van der Waals surface area contributed by atoms with Crippen molar-refractivity contribution in [3.63, 3.8) is 0 Å². The molecule has 0 atom stereocenters. The van der Waals surface area contributed by atoms with E-state index in [1.807, 2.05) is 19.1 Å². The predicted octanol–water partition coefficient (Wildman–Crippen LogP) is 2.83. The lowest BCUT2D eigenvalue weighted by Crippen LogP contribution is -2.38. The maximum absolute atomic E-state index is 5.76. The summed E-state index contributed by atoms with van der Waals surface area (Å²) in [7, 11) is 0. The second kappa shape index (κ2) is 10.1. The number of hydrogen-bond donors (Lipinski definition) is 2. The van der Waals surface area contributed by atoms with Crippen LogP contribution in [0.2, 0.25) is 0 Å². The average Bonchev–Trinajstić information content (AvgIpc) is 3.46. The van der Waals surface area contributed by atoms with Gasteiger partial charge in [-0.25, -0.2) is 9.98 Å². The molecule has 0 aromatic carbocycles. The van der Waals surface area contributed by atoms with Gasteiger partial charge in [0.1, 0.15) is 0 Å². The Morgan fingerprint density at radius 3 is 2.86 bits per heavy atom. The van der Waals surface area contributed by atoms with Gasteiger partial charge >= 0.3 is 0 Å². The Balaban J connectivity index is 1.46. The van der Waals surface area contributed by atoms with Crippen molar-refractivity contribution in [3.05, 3.63) is 41.3 Å². The molecule has 2 aromatic heterocycles. The highest BCUT2D eigenvalue weighted by Crippen LogP contribution is 2.29. The quantitative estimate of drug-likeness (QED) is 0.374. The number of rotatable bonds is 10. The summed E-state index contributed by atoms with van der Waals surface area (Å²) in [5.41, 5.74) is 3.37. The summed E-state index contributed by atoms with van der Waals surface area (Å²) in [6.07, 6.45) is 5.34. The smallest absolute Gasteiger partial charge is 0.213 e. The van der Waals surface area contributed by atoms with Crippen molar-refractivity contribution in [2.45, 2.75) is 53.1 Å². The molecular formula is C21H32N6O. The van der Waals surface area contributed by atoms with Gasteiger partial charge in [-0.2, -0.15) is 5.10 Å². The van der Waals surface area contributed by atoms with Crippen LogP contribution in [0.25, 0.3) is 0 Å². The van der Waals surface area contributed by atoms with Gasteiger partial charge < -0.3 is 15.4 Å². The number of nitrogens with zero attached hydrogens (tertiary/aromatic N) is 4. The van der Waals surface area contributed by atoms with Crippen LogP contribution in [0.15, 0.2) is 29.4 Å². The van der Waals surface area contributed by atoms with Crippen LogP contribution in [0.3, 0.4) is 0 Å². The van der Waals surface area contributed by atoms with Gasteiger partial charge in [0.2, 0.25) is 5.88 Å². The van der Waals surface area contributed by atoms with E-state index in [4.69, 9.17) is 4.74 Å². The Kier molecular flexibility index (Phi) is 7.28. The number of aromatic nitrogens is 3. The van der Waals surface area contributed by atoms with Crippen LogP contribution in [0.1, 0.15) is 43.1 Å². The summed E-state index contributed by atoms with van der Waals surface area (Å²) < 4.78 is 7.82. The fraction of sp³-hybridized carbons (Fsp3) is 0.571. The van der Waals surface area contributed by atoms with E-state index < -0.39 is 0 Å². The van der Waals surface area contributed by atoms with Crippen molar-refractivity contribution in [2.75, 3.05) is 19.7 Å². The van der Waals surface area contributed by atoms with Crippen LogP contribution in [-0.2, 0) is 13.1 Å². The molecule has 152 valence electrons. The third-order valence-electron chi connectivity index (χ3n) is 4.67. The van der Waals surface area contributed by atoms with E-state index in [0.29, 0.717) is 12.4 Å². The number of aliphatic imine (C=N–C) groups is 1. The third kappa shape index (κ3) is 6.55. The van der Waals surface area contributed by atoms with Crippen LogP contribution in [0.5, 0.6) is 5.88 Å². The van der Waals surface area contributed by atoms with E-state index in [0.717, 1.165) is 55.8 Å². The van der Waals surface area contributed by atoms with Gasteiger partial charge in [-0.05, 0) is 63.6 Å². The van der Waals surface area contributed by atoms with E-state index in [2.05, 4.69) is 50.3 Å². The Hall–Kier alpha value is -2.57. The lowest BCUT2D eigenvalue weighted by atomic mass is 10.3. The Morgan fingerprint density at radius 2 is 2.14 bits per heavy atom. The summed E-state index contributed by atoms with van der Waals surface area (Å²) in [4.78, 5) is 8.98. The molecule has 0 spiro atoms. The molecular weight excluding hydrogens is 352 g/mol. The van der Waals surface area contributed by atoms with Gasteiger partial charge in [0.25, 0.3) is 0 Å². The van der Waals surface area contributed by atoms with Gasteiger partial charge in [0.05, 0.1) is 18.8 Å². The SMILES string of the molecule is CCNC(=NCc1ccnc(OCC2CC2)c1)NCCCn1nc(C)cc1C. The molecule has 0 bridgehead atoms. The average molecular weight is 385 g/mol. The van der Waals surface area contributed by atoms with Gasteiger partial charge in [-0.1, -0.05) is 0 Å². The molecule has 1 aliphatic rings. The lowest BCUT2D eigenvalue weighted by Gasteiger charge is -2.12. The Labute approximate surface area is 167 Å². The van der Waals surface area contributed by atoms with Crippen LogP contribution in [-0.4, -0.2) is 40.4 Å². The molecule has 0 saturated heterocycles. The zero-order valence-corrected chi connectivity index (χ0v) is 17.2. The first-order valence-corrected chi connectivity index (χ1v) is 10.2. The molecule has 28 heavy (non-hydrogen) atoms. The molecule has 1 saturated carbocycles. The zero-order valence-electron chi connectivity index (χ0n) is 17.2. The van der Waals surface area contributed by atoms with E-state index in [-0.39, 0.29) is 0 Å². The minimum atomic E-state index is 0.592. The lowest BCUT2D eigenvalue weighted by molar-refractivity contribution is 0.288. The number of guanidine groups is 1. The number of nitrogens with one attached hydrogen (secondary N) is 2. The summed E-state index contributed by atoms with van der Waals surface area (Å²) >= 11 is 0. The Morgan fingerprint density at radius 1 is 1.29 bits per heavy atom. The summed E-state index contributed by atoms with van der Waals surface area (Å²) in [5, 5.41) is 11.2. The first-order valence-electron chi connectivity index (χ1n) is 10.2. The fourth-order valence-corrected chi connectivity index (χ4v) is 2.96. The third-order valence-corrected chi connectivity index (χ3v) is 4.67. The molecule has 7 nitrogen and oxygen atoms in total. The topological polar surface area (TPSA) is 76.4 Å². The second-order valence-electron chi connectivity index (χ2n) is 7.38. The predicted molar refractivity (Wildman–Crippen MR) is 112 cm³/mol. The molecule has 1 fully saturated rings. The van der Waals surface area contributed by atoms with Gasteiger partial charge in [-0.15, -0.1) is 0 Å². The van der Waals surface area contributed by atoms with Crippen molar-refractivity contribution in [1.82, 2.24) is 25.4 Å². The molecule has 7 heteroatoms. The van der Waals surface area contributed by atoms with E-state index in [9.17, 15) is 0 Å². The minimum Gasteiger partial charge on any atom is -0.477 e. The standard InChI is InChI=1S/C21H32N6O/c1-4-22-21(24-9-5-11-27-17(3)12-16(2)26-27)25-14-19-8-10-23-20(13-19)28-15-18-6-7-18/h8,10,12-13,18H,4-7,9,11,14-15H2,1-3H3,(H2,22,24,25). The molecule has 0 unspecified atom stereocenters. The maximum Gasteiger partial charge on any atom is 0.213 e. The molecule has 2 aromatic rings. The number of hydrogen-bond acceptors (Lipinski definition) is 4. The van der Waals surface area contributed by atoms with E-state index >= 15 is 0 Å². The zero-order chi connectivity index (χ0) is 19.8.